The van der Waals surface area contributed by atoms with Gasteiger partial charge in [-0.15, -0.1) is 0 Å². The summed E-state index contributed by atoms with van der Waals surface area (Å²) in [4.78, 5) is 2.44. The monoisotopic (exact) mass is 213 g/mol. The van der Waals surface area contributed by atoms with Gasteiger partial charge in [-0.05, 0) is 12.8 Å². The summed E-state index contributed by atoms with van der Waals surface area (Å²) in [6, 6.07) is 0. The lowest BCUT2D eigenvalue weighted by Crippen LogP contribution is -2.38. The second-order valence-corrected chi connectivity index (χ2v) is 4.58. The molecule has 0 spiro atoms. The predicted molar refractivity (Wildman–Crippen MR) is 60.1 cm³/mol. The first-order valence-electron chi connectivity index (χ1n) is 6.37. The van der Waals surface area contributed by atoms with E-state index in [1.165, 1.54) is 32.1 Å². The Kier molecular flexibility index (Phi) is 4.90. The summed E-state index contributed by atoms with van der Waals surface area (Å²) in [5.74, 6) is 0. The zero-order valence-corrected chi connectivity index (χ0v) is 9.62. The molecular weight excluding hydrogens is 190 g/mol. The van der Waals surface area contributed by atoms with E-state index in [0.717, 1.165) is 39.5 Å². The van der Waals surface area contributed by atoms with Crippen LogP contribution in [0.5, 0.6) is 0 Å². The van der Waals surface area contributed by atoms with Gasteiger partial charge in [0.05, 0.1) is 25.9 Å². The number of hydrogen-bond acceptors (Lipinski definition) is 3. The molecule has 3 heteroatoms. The van der Waals surface area contributed by atoms with Gasteiger partial charge in [0, 0.05) is 19.6 Å². The molecule has 2 aliphatic rings. The summed E-state index contributed by atoms with van der Waals surface area (Å²) in [6.07, 6.45) is 7.25. The fourth-order valence-corrected chi connectivity index (χ4v) is 2.41. The number of ether oxygens (including phenoxy) is 2. The van der Waals surface area contributed by atoms with Gasteiger partial charge in [-0.3, -0.25) is 4.90 Å². The lowest BCUT2D eigenvalue weighted by molar-refractivity contribution is -0.00829. The van der Waals surface area contributed by atoms with Crippen molar-refractivity contribution >= 4 is 0 Å². The molecule has 0 atom stereocenters. The summed E-state index contributed by atoms with van der Waals surface area (Å²) >= 11 is 0. The molecule has 0 aromatic heterocycles. The molecule has 1 aliphatic heterocycles. The summed E-state index contributed by atoms with van der Waals surface area (Å²) in [7, 11) is 0. The summed E-state index contributed by atoms with van der Waals surface area (Å²) < 4.78 is 11.2. The highest BCUT2D eigenvalue weighted by molar-refractivity contribution is 4.66. The molecule has 2 fully saturated rings. The quantitative estimate of drug-likeness (QED) is 0.709. The molecule has 1 saturated heterocycles. The maximum atomic E-state index is 5.90. The zero-order valence-electron chi connectivity index (χ0n) is 9.62. The molecule has 0 aromatic rings. The summed E-state index contributed by atoms with van der Waals surface area (Å²) in [6.45, 7) is 5.93. The van der Waals surface area contributed by atoms with Crippen LogP contribution in [0, 0.1) is 0 Å². The van der Waals surface area contributed by atoms with E-state index >= 15 is 0 Å². The normalized spacial score (nSPS) is 25.6. The molecule has 1 aliphatic carbocycles. The predicted octanol–water partition coefficient (Wildman–Crippen LogP) is 1.67. The van der Waals surface area contributed by atoms with Crippen LogP contribution < -0.4 is 0 Å². The van der Waals surface area contributed by atoms with E-state index in [2.05, 4.69) is 4.90 Å². The topological polar surface area (TPSA) is 21.7 Å². The van der Waals surface area contributed by atoms with E-state index in [4.69, 9.17) is 9.47 Å². The molecule has 88 valence electrons. The molecule has 0 unspecified atom stereocenters. The molecule has 0 aromatic carbocycles. The maximum absolute atomic E-state index is 5.90. The van der Waals surface area contributed by atoms with Crippen LogP contribution in [0.1, 0.15) is 32.1 Å². The SMILES string of the molecule is C1CCC(OCCN2CCOCC2)CC1. The van der Waals surface area contributed by atoms with Gasteiger partial charge in [0.25, 0.3) is 0 Å². The molecule has 1 heterocycles. The van der Waals surface area contributed by atoms with Crippen LogP contribution in [0.15, 0.2) is 0 Å². The minimum absolute atomic E-state index is 0.555. The van der Waals surface area contributed by atoms with Crippen LogP contribution in [0.4, 0.5) is 0 Å². The molecular formula is C12H23NO2. The third-order valence-electron chi connectivity index (χ3n) is 3.42. The zero-order chi connectivity index (χ0) is 10.3. The fourth-order valence-electron chi connectivity index (χ4n) is 2.41. The minimum Gasteiger partial charge on any atom is -0.379 e. The van der Waals surface area contributed by atoms with Gasteiger partial charge in [0.15, 0.2) is 0 Å². The van der Waals surface area contributed by atoms with Crippen LogP contribution in [0.3, 0.4) is 0 Å². The van der Waals surface area contributed by atoms with Crippen molar-refractivity contribution in [3.05, 3.63) is 0 Å². The average molecular weight is 213 g/mol. The van der Waals surface area contributed by atoms with Crippen molar-refractivity contribution in [3.8, 4) is 0 Å². The van der Waals surface area contributed by atoms with Gasteiger partial charge in [0.1, 0.15) is 0 Å². The van der Waals surface area contributed by atoms with Crippen molar-refractivity contribution < 1.29 is 9.47 Å². The molecule has 15 heavy (non-hydrogen) atoms. The number of rotatable bonds is 4. The fraction of sp³-hybridized carbons (Fsp3) is 1.00. The second-order valence-electron chi connectivity index (χ2n) is 4.58. The maximum Gasteiger partial charge on any atom is 0.0597 e. The Bertz CT molecular complexity index is 145. The Morgan fingerprint density at radius 1 is 1.07 bits per heavy atom. The van der Waals surface area contributed by atoms with E-state index in [1.54, 1.807) is 0 Å². The van der Waals surface area contributed by atoms with Crippen LogP contribution >= 0.6 is 0 Å². The van der Waals surface area contributed by atoms with Gasteiger partial charge in [-0.1, -0.05) is 19.3 Å². The Morgan fingerprint density at radius 2 is 1.80 bits per heavy atom. The van der Waals surface area contributed by atoms with Gasteiger partial charge in [-0.2, -0.15) is 0 Å². The van der Waals surface area contributed by atoms with Gasteiger partial charge in [-0.25, -0.2) is 0 Å². The first kappa shape index (κ1) is 11.4. The van der Waals surface area contributed by atoms with E-state index in [9.17, 15) is 0 Å². The molecule has 2 rings (SSSR count). The third-order valence-corrected chi connectivity index (χ3v) is 3.42. The van der Waals surface area contributed by atoms with Crippen LogP contribution in [-0.2, 0) is 9.47 Å². The van der Waals surface area contributed by atoms with E-state index < -0.39 is 0 Å². The largest absolute Gasteiger partial charge is 0.379 e. The standard InChI is InChI=1S/C12H23NO2/c1-2-4-12(5-3-1)15-11-8-13-6-9-14-10-7-13/h12H,1-11H2. The van der Waals surface area contributed by atoms with Crippen molar-refractivity contribution in [3.63, 3.8) is 0 Å². The highest BCUT2D eigenvalue weighted by atomic mass is 16.5. The van der Waals surface area contributed by atoms with E-state index in [0.29, 0.717) is 6.10 Å². The molecule has 0 N–H and O–H groups in total. The smallest absolute Gasteiger partial charge is 0.0597 e. The molecule has 0 bridgehead atoms. The van der Waals surface area contributed by atoms with Gasteiger partial charge >= 0.3 is 0 Å². The highest BCUT2D eigenvalue weighted by Crippen LogP contribution is 2.20. The summed E-state index contributed by atoms with van der Waals surface area (Å²) in [5, 5.41) is 0. The second kappa shape index (κ2) is 6.46. The first-order chi connectivity index (χ1) is 7.45. The lowest BCUT2D eigenvalue weighted by atomic mass is 9.98. The number of hydrogen-bond donors (Lipinski definition) is 0. The summed E-state index contributed by atoms with van der Waals surface area (Å²) in [5.41, 5.74) is 0. The van der Waals surface area contributed by atoms with E-state index in [1.807, 2.05) is 0 Å². The lowest BCUT2D eigenvalue weighted by Gasteiger charge is -2.28. The number of morpholine rings is 1. The van der Waals surface area contributed by atoms with Crippen molar-refractivity contribution in [2.24, 2.45) is 0 Å². The Balaban J connectivity index is 1.53. The third kappa shape index (κ3) is 4.09. The van der Waals surface area contributed by atoms with Crippen LogP contribution in [-0.4, -0.2) is 50.5 Å². The highest BCUT2D eigenvalue weighted by Gasteiger charge is 2.14. The molecule has 3 nitrogen and oxygen atoms in total. The van der Waals surface area contributed by atoms with Gasteiger partial charge < -0.3 is 9.47 Å². The average Bonchev–Trinajstić information content (AvgIpc) is 2.32. The van der Waals surface area contributed by atoms with Gasteiger partial charge in [0.2, 0.25) is 0 Å². The van der Waals surface area contributed by atoms with Crippen LogP contribution in [0.25, 0.3) is 0 Å². The molecule has 0 radical (unpaired) electrons. The Labute approximate surface area is 92.7 Å². The van der Waals surface area contributed by atoms with Crippen molar-refractivity contribution in [2.75, 3.05) is 39.5 Å². The Morgan fingerprint density at radius 3 is 2.53 bits per heavy atom. The molecule has 1 saturated carbocycles. The molecule has 0 amide bonds. The Hall–Kier alpha value is -0.120. The van der Waals surface area contributed by atoms with E-state index in [-0.39, 0.29) is 0 Å². The number of nitrogens with zero attached hydrogens (tertiary/aromatic N) is 1. The van der Waals surface area contributed by atoms with Crippen molar-refractivity contribution in [1.29, 1.82) is 0 Å². The first-order valence-corrected chi connectivity index (χ1v) is 6.37. The van der Waals surface area contributed by atoms with Crippen LogP contribution in [0.2, 0.25) is 0 Å². The van der Waals surface area contributed by atoms with Crippen molar-refractivity contribution in [1.82, 2.24) is 4.90 Å². The minimum atomic E-state index is 0.555. The van der Waals surface area contributed by atoms with Crippen molar-refractivity contribution in [2.45, 2.75) is 38.2 Å².